The SMILES string of the molecule is CC/C(C)=C1/CC(=O)NC1=O. The lowest BCUT2D eigenvalue weighted by Crippen LogP contribution is -2.19. The molecular weight excluding hydrogens is 142 g/mol. The average Bonchev–Trinajstić information content (AvgIpc) is 2.28. The molecule has 0 radical (unpaired) electrons. The third-order valence-electron chi connectivity index (χ3n) is 1.91. The monoisotopic (exact) mass is 153 g/mol. The van der Waals surface area contributed by atoms with E-state index in [1.807, 2.05) is 13.8 Å². The van der Waals surface area contributed by atoms with Crippen molar-refractivity contribution in [2.75, 3.05) is 0 Å². The quantitative estimate of drug-likeness (QED) is 0.446. The molecule has 1 fully saturated rings. The second-order valence-corrected chi connectivity index (χ2v) is 2.67. The Labute approximate surface area is 65.5 Å². The molecule has 1 heterocycles. The summed E-state index contributed by atoms with van der Waals surface area (Å²) >= 11 is 0. The van der Waals surface area contributed by atoms with Crippen molar-refractivity contribution in [3.05, 3.63) is 11.1 Å². The third kappa shape index (κ3) is 1.48. The highest BCUT2D eigenvalue weighted by atomic mass is 16.2. The molecule has 11 heavy (non-hydrogen) atoms. The van der Waals surface area contributed by atoms with Gasteiger partial charge in [0.05, 0.1) is 6.42 Å². The van der Waals surface area contributed by atoms with Crippen LogP contribution in [0.25, 0.3) is 0 Å². The van der Waals surface area contributed by atoms with Crippen molar-refractivity contribution < 1.29 is 9.59 Å². The molecule has 0 atom stereocenters. The smallest absolute Gasteiger partial charge is 0.254 e. The number of imide groups is 1. The lowest BCUT2D eigenvalue weighted by molar-refractivity contribution is -0.124. The van der Waals surface area contributed by atoms with E-state index in [9.17, 15) is 9.59 Å². The van der Waals surface area contributed by atoms with Gasteiger partial charge < -0.3 is 0 Å². The third-order valence-corrected chi connectivity index (χ3v) is 1.91. The number of carbonyl (C=O) groups is 2. The van der Waals surface area contributed by atoms with E-state index in [0.29, 0.717) is 5.57 Å². The molecule has 3 heteroatoms. The van der Waals surface area contributed by atoms with Crippen LogP contribution in [0.5, 0.6) is 0 Å². The summed E-state index contributed by atoms with van der Waals surface area (Å²) < 4.78 is 0. The number of hydrogen-bond donors (Lipinski definition) is 1. The summed E-state index contributed by atoms with van der Waals surface area (Å²) in [7, 11) is 0. The zero-order valence-corrected chi connectivity index (χ0v) is 6.73. The normalized spacial score (nSPS) is 22.0. The number of carbonyl (C=O) groups excluding carboxylic acids is 2. The van der Waals surface area contributed by atoms with Crippen molar-refractivity contribution in [2.24, 2.45) is 0 Å². The first kappa shape index (κ1) is 7.98. The lowest BCUT2D eigenvalue weighted by atomic mass is 10.1. The minimum Gasteiger partial charge on any atom is -0.292 e. The maximum absolute atomic E-state index is 11.0. The molecule has 0 aliphatic carbocycles. The van der Waals surface area contributed by atoms with Gasteiger partial charge in [0, 0.05) is 5.57 Å². The van der Waals surface area contributed by atoms with Gasteiger partial charge in [0.1, 0.15) is 0 Å². The summed E-state index contributed by atoms with van der Waals surface area (Å²) in [6, 6.07) is 0. The Bertz CT molecular complexity index is 240. The van der Waals surface area contributed by atoms with Crippen molar-refractivity contribution >= 4 is 11.8 Å². The molecule has 0 bridgehead atoms. The van der Waals surface area contributed by atoms with Gasteiger partial charge in [0.15, 0.2) is 0 Å². The second kappa shape index (κ2) is 2.86. The van der Waals surface area contributed by atoms with Gasteiger partial charge in [-0.2, -0.15) is 0 Å². The fourth-order valence-corrected chi connectivity index (χ4v) is 1.05. The Kier molecular flexibility index (Phi) is 2.08. The number of amides is 2. The van der Waals surface area contributed by atoms with E-state index >= 15 is 0 Å². The first-order chi connectivity index (χ1) is 5.15. The average molecular weight is 153 g/mol. The van der Waals surface area contributed by atoms with Gasteiger partial charge in [0.25, 0.3) is 5.91 Å². The van der Waals surface area contributed by atoms with E-state index in [2.05, 4.69) is 5.32 Å². The zero-order valence-electron chi connectivity index (χ0n) is 6.73. The highest BCUT2D eigenvalue weighted by Crippen LogP contribution is 2.16. The van der Waals surface area contributed by atoms with E-state index in [4.69, 9.17) is 0 Å². The summed E-state index contributed by atoms with van der Waals surface area (Å²) in [6.45, 7) is 3.85. The van der Waals surface area contributed by atoms with Crippen molar-refractivity contribution in [3.8, 4) is 0 Å². The highest BCUT2D eigenvalue weighted by molar-refractivity contribution is 6.13. The number of hydrogen-bond acceptors (Lipinski definition) is 2. The van der Waals surface area contributed by atoms with Crippen LogP contribution in [0, 0.1) is 0 Å². The van der Waals surface area contributed by atoms with Crippen LogP contribution < -0.4 is 5.32 Å². The van der Waals surface area contributed by atoms with Crippen LogP contribution >= 0.6 is 0 Å². The van der Waals surface area contributed by atoms with Crippen molar-refractivity contribution in [1.29, 1.82) is 0 Å². The van der Waals surface area contributed by atoms with Gasteiger partial charge >= 0.3 is 0 Å². The Morgan fingerprint density at radius 1 is 1.55 bits per heavy atom. The van der Waals surface area contributed by atoms with E-state index in [-0.39, 0.29) is 18.2 Å². The molecule has 3 nitrogen and oxygen atoms in total. The Balaban J connectivity index is 2.90. The van der Waals surface area contributed by atoms with Crippen molar-refractivity contribution in [2.45, 2.75) is 26.7 Å². The van der Waals surface area contributed by atoms with Crippen LogP contribution in [0.15, 0.2) is 11.1 Å². The van der Waals surface area contributed by atoms with Gasteiger partial charge in [-0.15, -0.1) is 0 Å². The molecule has 1 aliphatic rings. The standard InChI is InChI=1S/C8H11NO2/c1-3-5(2)6-4-7(10)9-8(6)11/h3-4H2,1-2H3,(H,9,10,11)/b6-5-. The van der Waals surface area contributed by atoms with Gasteiger partial charge in [0.2, 0.25) is 5.91 Å². The zero-order chi connectivity index (χ0) is 8.43. The molecule has 1 aliphatic heterocycles. The van der Waals surface area contributed by atoms with Crippen LogP contribution in [-0.4, -0.2) is 11.8 Å². The van der Waals surface area contributed by atoms with Crippen LogP contribution in [0.3, 0.4) is 0 Å². The fraction of sp³-hybridized carbons (Fsp3) is 0.500. The first-order valence-electron chi connectivity index (χ1n) is 3.68. The predicted octanol–water partition coefficient (Wildman–Crippen LogP) is 0.759. The number of nitrogens with one attached hydrogen (secondary N) is 1. The highest BCUT2D eigenvalue weighted by Gasteiger charge is 2.24. The summed E-state index contributed by atoms with van der Waals surface area (Å²) in [5.74, 6) is -0.396. The summed E-state index contributed by atoms with van der Waals surface area (Å²) in [6.07, 6.45) is 1.09. The van der Waals surface area contributed by atoms with Crippen LogP contribution in [-0.2, 0) is 9.59 Å². The molecule has 2 amide bonds. The minimum absolute atomic E-state index is 0.183. The second-order valence-electron chi connectivity index (χ2n) is 2.67. The molecule has 0 saturated carbocycles. The molecule has 0 aromatic carbocycles. The molecule has 0 aromatic rings. The van der Waals surface area contributed by atoms with Crippen LogP contribution in [0.4, 0.5) is 0 Å². The van der Waals surface area contributed by atoms with E-state index in [0.717, 1.165) is 12.0 Å². The van der Waals surface area contributed by atoms with E-state index < -0.39 is 0 Å². The summed E-state index contributed by atoms with van der Waals surface area (Å²) in [5.41, 5.74) is 1.66. The first-order valence-corrected chi connectivity index (χ1v) is 3.68. The fourth-order valence-electron chi connectivity index (χ4n) is 1.05. The maximum Gasteiger partial charge on any atom is 0.254 e. The Morgan fingerprint density at radius 2 is 2.18 bits per heavy atom. The molecule has 0 spiro atoms. The van der Waals surface area contributed by atoms with Crippen LogP contribution in [0.2, 0.25) is 0 Å². The van der Waals surface area contributed by atoms with Gasteiger partial charge in [-0.1, -0.05) is 12.5 Å². The minimum atomic E-state index is -0.214. The van der Waals surface area contributed by atoms with Gasteiger partial charge in [-0.25, -0.2) is 0 Å². The topological polar surface area (TPSA) is 46.2 Å². The molecule has 0 unspecified atom stereocenters. The van der Waals surface area contributed by atoms with Crippen molar-refractivity contribution in [3.63, 3.8) is 0 Å². The largest absolute Gasteiger partial charge is 0.292 e. The molecule has 1 N–H and O–H groups in total. The van der Waals surface area contributed by atoms with E-state index in [1.165, 1.54) is 0 Å². The number of allylic oxidation sites excluding steroid dienone is 1. The Hall–Kier alpha value is -1.12. The van der Waals surface area contributed by atoms with E-state index in [1.54, 1.807) is 0 Å². The maximum atomic E-state index is 11.0. The van der Waals surface area contributed by atoms with Gasteiger partial charge in [-0.3, -0.25) is 14.9 Å². The van der Waals surface area contributed by atoms with Crippen LogP contribution in [0.1, 0.15) is 26.7 Å². The molecular formula is C8H11NO2. The summed E-state index contributed by atoms with van der Waals surface area (Å²) in [4.78, 5) is 21.7. The lowest BCUT2D eigenvalue weighted by Gasteiger charge is -1.97. The molecule has 0 aromatic heterocycles. The predicted molar refractivity (Wildman–Crippen MR) is 40.8 cm³/mol. The van der Waals surface area contributed by atoms with Gasteiger partial charge in [-0.05, 0) is 13.3 Å². The Morgan fingerprint density at radius 3 is 2.55 bits per heavy atom. The molecule has 1 saturated heterocycles. The molecule has 1 rings (SSSR count). The number of rotatable bonds is 1. The summed E-state index contributed by atoms with van der Waals surface area (Å²) in [5, 5.41) is 2.25. The van der Waals surface area contributed by atoms with Crippen molar-refractivity contribution in [1.82, 2.24) is 5.32 Å². The molecule has 60 valence electrons.